The van der Waals surface area contributed by atoms with Gasteiger partial charge in [0.1, 0.15) is 11.6 Å². The van der Waals surface area contributed by atoms with Crippen LogP contribution in [0.5, 0.6) is 0 Å². The maximum atomic E-state index is 13.0. The molecule has 722 valence electrons. The van der Waals surface area contributed by atoms with Crippen LogP contribution < -0.4 is 4.90 Å². The van der Waals surface area contributed by atoms with Crippen molar-refractivity contribution in [1.82, 2.24) is 0 Å². The lowest BCUT2D eigenvalue weighted by Crippen LogP contribution is -2.87. The number of aryl methyl sites for hydroxylation is 4. The standard InChI is InChI=1S/C138H142N2O2S/c1-5-9-13-17-21-25-33-77-41-50-83(51-42-77)137(84-52-43-78(44-53-84)34-26-22-18-14-10-6-2)108-72-94-88-59-49-81(65-82(76-139)136(141)142)66-100(88)116(104-70-106-118(104)126-124(106)132-128-120-90-61-63-92(90)122(120)130(128)134(126)132)102(94)68-96(108)98-74-111-99(75-110(98)137)97-69-103-95(73-109(97)138(111,85-54-45-79(46-55-85)35-27-23-19-15-11-7-3)86-56-47-80(48-57-86)36-28-24-20-16-12-8-4)89-60-58-87(140-112-37-29-31-39-114(112)143-115-40-32-30-38-113(115)140)67-101(89)117(103)105-71-107-119(105)127-125(107)133-129-121-91-62-64-93(91)123(121)131(129)135(127)133/h29-32,37-60,65-69,72-75,90-93,106-107,118-135H,5-28,33-36,61-64,70-71H2,1-4H3,(H,141,142)/b82-65+,116-104-,117-105-. The summed E-state index contributed by atoms with van der Waals surface area (Å²) in [6.45, 7) is 9.37. The van der Waals surface area contributed by atoms with Crippen molar-refractivity contribution >= 4 is 52.0 Å². The molecule has 1 heterocycles. The van der Waals surface area contributed by atoms with Crippen molar-refractivity contribution in [3.63, 3.8) is 0 Å². The van der Waals surface area contributed by atoms with E-state index in [9.17, 15) is 15.2 Å². The van der Waals surface area contributed by atoms with Crippen LogP contribution in [-0.2, 0) is 41.3 Å². The Labute approximate surface area is 854 Å². The van der Waals surface area contributed by atoms with Gasteiger partial charge in [-0.3, -0.25) is 0 Å². The molecule has 11 aromatic rings. The van der Waals surface area contributed by atoms with Crippen molar-refractivity contribution < 1.29 is 9.90 Å². The van der Waals surface area contributed by atoms with Crippen molar-refractivity contribution in [3.05, 3.63) is 330 Å². The number of hydrogen-bond acceptors (Lipinski definition) is 4. The van der Waals surface area contributed by atoms with Gasteiger partial charge in [0, 0.05) is 15.5 Å². The van der Waals surface area contributed by atoms with Crippen LogP contribution in [0, 0.1) is 153 Å². The van der Waals surface area contributed by atoms with Gasteiger partial charge in [0.2, 0.25) is 0 Å². The number of para-hydroxylation sites is 2. The minimum Gasteiger partial charge on any atom is -0.477 e. The second-order valence-electron chi connectivity index (χ2n) is 49.7. The van der Waals surface area contributed by atoms with Gasteiger partial charge in [-0.2, -0.15) is 5.26 Å². The topological polar surface area (TPSA) is 64.3 Å². The second kappa shape index (κ2) is 33.9. The molecule has 11 aromatic carbocycles. The summed E-state index contributed by atoms with van der Waals surface area (Å²) in [5.41, 5.74) is 42.2. The number of anilines is 3. The van der Waals surface area contributed by atoms with Gasteiger partial charge in [-0.15, -0.1) is 0 Å². The summed E-state index contributed by atoms with van der Waals surface area (Å²) in [6, 6.07) is 93.7. The van der Waals surface area contributed by atoms with E-state index in [-0.39, 0.29) is 5.57 Å². The molecule has 18 aliphatic carbocycles. The van der Waals surface area contributed by atoms with Crippen LogP contribution in [0.25, 0.3) is 61.7 Å². The van der Waals surface area contributed by atoms with E-state index in [0.717, 1.165) is 168 Å². The van der Waals surface area contributed by atoms with Gasteiger partial charge in [0.05, 0.1) is 22.2 Å². The van der Waals surface area contributed by atoms with Gasteiger partial charge >= 0.3 is 5.97 Å². The maximum Gasteiger partial charge on any atom is 0.346 e. The normalized spacial score (nSPS) is 31.7. The van der Waals surface area contributed by atoms with Crippen molar-refractivity contribution in [2.45, 2.75) is 267 Å². The van der Waals surface area contributed by atoms with Gasteiger partial charge in [-0.1, -0.05) is 319 Å². The van der Waals surface area contributed by atoms with E-state index in [4.69, 9.17) is 0 Å². The number of hydrogen-bond donors (Lipinski definition) is 1. The SMILES string of the molecule is CCCCCCCCc1ccc(C2(c3ccc(CCCCCCCC)cc3)c3cc4c(cc3-c3cc5c(cc32)-c2cc3c(cc2C5(c2ccc(CCCCCCCC)cc2)c2ccc(CCCCCCCC)cc2)-c2ccc(N5c6ccccc6Sc6ccccc65)cc2/C3=C2\CC3C2C2C3C3C5C6C7CCC7C6C5C23)/C(=C2/CC3C2C2C3C3C5C6C7CCC7C6C5C23)c2cc(/C=C(\C#N)C(=O)O)ccc2-4)cc1. The van der Waals surface area contributed by atoms with Gasteiger partial charge < -0.3 is 10.0 Å². The number of rotatable bonds is 35. The monoisotopic (exact) mass is 1890 g/mol. The number of fused-ring (bicyclic) bond motifs is 46. The average molecular weight is 1890 g/mol. The Hall–Kier alpha value is -10.3. The van der Waals surface area contributed by atoms with Crippen LogP contribution in [0.4, 0.5) is 17.1 Å². The van der Waals surface area contributed by atoms with E-state index in [1.165, 1.54) is 352 Å². The number of carbonyl (C=O) groups is 1. The van der Waals surface area contributed by atoms with Gasteiger partial charge in [0.15, 0.2) is 0 Å². The largest absolute Gasteiger partial charge is 0.477 e. The molecule has 0 bridgehead atoms. The first-order chi connectivity index (χ1) is 70.6. The third kappa shape index (κ3) is 12.2. The number of aliphatic carboxylic acids is 1. The Balaban J connectivity index is 0.654. The predicted molar refractivity (Wildman–Crippen MR) is 584 cm³/mol. The highest BCUT2D eigenvalue weighted by Gasteiger charge is 2.89. The van der Waals surface area contributed by atoms with E-state index < -0.39 is 16.8 Å². The number of allylic oxidation sites excluding steroid dienone is 2. The summed E-state index contributed by atoms with van der Waals surface area (Å²) >= 11 is 1.92. The van der Waals surface area contributed by atoms with Crippen LogP contribution in [-0.4, -0.2) is 11.1 Å². The molecule has 143 heavy (non-hydrogen) atoms. The van der Waals surface area contributed by atoms with Crippen LogP contribution in [0.3, 0.4) is 0 Å². The van der Waals surface area contributed by atoms with E-state index in [2.05, 4.69) is 257 Å². The quantitative estimate of drug-likeness (QED) is 0.0186. The fourth-order valence-corrected chi connectivity index (χ4v) is 39.0. The molecule has 0 spiro atoms. The first-order valence-corrected chi connectivity index (χ1v) is 59.1. The maximum absolute atomic E-state index is 13.0. The molecule has 1 aliphatic heterocycles. The average Bonchev–Trinajstić information content (AvgIpc) is 1.00. The van der Waals surface area contributed by atoms with Crippen LogP contribution >= 0.6 is 11.8 Å². The lowest BCUT2D eigenvalue weighted by atomic mass is 9.13. The number of unbranched alkanes of at least 4 members (excludes halogenated alkanes) is 20. The molecule has 5 heteroatoms. The zero-order valence-electron chi connectivity index (χ0n) is 84.9. The van der Waals surface area contributed by atoms with E-state index in [0.29, 0.717) is 11.8 Å². The third-order valence-corrected chi connectivity index (χ3v) is 45.4. The molecular weight excluding hydrogens is 1750 g/mol. The highest BCUT2D eigenvalue weighted by molar-refractivity contribution is 7.99. The number of carboxylic acids is 1. The molecule has 1 N–H and O–H groups in total. The second-order valence-corrected chi connectivity index (χ2v) is 50.8. The molecule has 0 amide bonds. The Morgan fingerprint density at radius 1 is 0.329 bits per heavy atom. The summed E-state index contributed by atoms with van der Waals surface area (Å²) in [6.07, 6.45) is 44.9. The molecule has 14 fully saturated rings. The fourth-order valence-electron chi connectivity index (χ4n) is 38.0. The van der Waals surface area contributed by atoms with Crippen LogP contribution in [0.1, 0.15) is 315 Å². The molecule has 0 aromatic heterocycles. The summed E-state index contributed by atoms with van der Waals surface area (Å²) in [5, 5.41) is 21.2. The van der Waals surface area contributed by atoms with Crippen molar-refractivity contribution in [3.8, 4) is 50.6 Å². The molecule has 0 radical (unpaired) electrons. The smallest absolute Gasteiger partial charge is 0.346 e. The van der Waals surface area contributed by atoms with Crippen molar-refractivity contribution in [2.24, 2.45) is 142 Å². The molecule has 24 atom stereocenters. The Morgan fingerprint density at radius 2 is 0.643 bits per heavy atom. The van der Waals surface area contributed by atoms with Gasteiger partial charge in [0.25, 0.3) is 0 Å². The van der Waals surface area contributed by atoms with Crippen LogP contribution in [0.2, 0.25) is 0 Å². The molecule has 0 saturated heterocycles. The Bertz CT molecular complexity index is 7030. The summed E-state index contributed by atoms with van der Waals surface area (Å²) in [4.78, 5) is 18.3. The molecule has 19 aliphatic rings. The molecule has 30 rings (SSSR count). The third-order valence-electron chi connectivity index (χ3n) is 44.3. The lowest BCUT2D eigenvalue weighted by molar-refractivity contribution is -0.434. The van der Waals surface area contributed by atoms with E-state index >= 15 is 0 Å². The number of nitriles is 1. The summed E-state index contributed by atoms with van der Waals surface area (Å²) in [5.74, 6) is 21.2. The minimum atomic E-state index is -1.18. The van der Waals surface area contributed by atoms with Gasteiger partial charge in [-0.05, 0) is 467 Å². The first-order valence-electron chi connectivity index (χ1n) is 58.3. The zero-order chi connectivity index (χ0) is 94.8. The first kappa shape index (κ1) is 88.1. The number of benzene rings is 11. The lowest BCUT2D eigenvalue weighted by Gasteiger charge is -2.91. The molecule has 24 unspecified atom stereocenters. The molecular formula is C138H142N2O2S. The van der Waals surface area contributed by atoms with Crippen molar-refractivity contribution in [1.29, 1.82) is 5.26 Å². The summed E-state index contributed by atoms with van der Waals surface area (Å²) in [7, 11) is 0. The molecule has 14 saturated carbocycles. The predicted octanol–water partition coefficient (Wildman–Crippen LogP) is 34.8. The Morgan fingerprint density at radius 3 is 1.00 bits per heavy atom. The van der Waals surface area contributed by atoms with Gasteiger partial charge in [-0.25, -0.2) is 4.79 Å². The fraction of sp³-hybridized carbons (Fsp3) is 0.464. The Kier molecular flexibility index (Phi) is 20.9. The van der Waals surface area contributed by atoms with E-state index in [1.807, 2.05) is 11.8 Å². The number of carboxylic acid groups (broad SMARTS) is 1. The highest BCUT2D eigenvalue weighted by atomic mass is 32.2. The molecule has 4 nitrogen and oxygen atoms in total. The zero-order valence-corrected chi connectivity index (χ0v) is 85.7. The highest BCUT2D eigenvalue weighted by Crippen LogP contribution is 2.93. The van der Waals surface area contributed by atoms with E-state index in [1.54, 1.807) is 22.8 Å². The number of nitrogens with zero attached hydrogens (tertiary/aromatic N) is 2. The van der Waals surface area contributed by atoms with Crippen molar-refractivity contribution in [2.75, 3.05) is 4.90 Å². The summed E-state index contributed by atoms with van der Waals surface area (Å²) < 4.78 is 0. The van der Waals surface area contributed by atoms with Crippen LogP contribution in [0.15, 0.2) is 245 Å². The minimum absolute atomic E-state index is 0.224.